The second-order valence-corrected chi connectivity index (χ2v) is 4.15. The van der Waals surface area contributed by atoms with Crippen molar-refractivity contribution in [2.24, 2.45) is 5.92 Å². The number of anilines is 2. The van der Waals surface area contributed by atoms with Crippen LogP contribution in [0.4, 0.5) is 11.9 Å². The average Bonchev–Trinajstić information content (AvgIpc) is 2.27. The maximum atomic E-state index is 5.64. The summed E-state index contributed by atoms with van der Waals surface area (Å²) >= 11 is 0. The van der Waals surface area contributed by atoms with Gasteiger partial charge in [-0.2, -0.15) is 15.0 Å². The fourth-order valence-electron chi connectivity index (χ4n) is 1.31. The Morgan fingerprint density at radius 2 is 1.82 bits per heavy atom. The Kier molecular flexibility index (Phi) is 4.93. The molecule has 0 spiro atoms. The van der Waals surface area contributed by atoms with E-state index in [-0.39, 0.29) is 5.95 Å². The van der Waals surface area contributed by atoms with Gasteiger partial charge in [-0.25, -0.2) is 0 Å². The van der Waals surface area contributed by atoms with E-state index >= 15 is 0 Å². The smallest absolute Gasteiger partial charge is 0.323 e. The second-order valence-electron chi connectivity index (χ2n) is 4.15. The maximum absolute atomic E-state index is 5.64. The molecule has 0 bridgehead atoms. The molecule has 0 fully saturated rings. The van der Waals surface area contributed by atoms with Crippen LogP contribution in [0.15, 0.2) is 0 Å². The summed E-state index contributed by atoms with van der Waals surface area (Å²) in [5.41, 5.74) is 5.64. The van der Waals surface area contributed by atoms with Gasteiger partial charge >= 0.3 is 6.01 Å². The zero-order valence-electron chi connectivity index (χ0n) is 11.0. The first-order valence-corrected chi connectivity index (χ1v) is 5.96. The zero-order valence-corrected chi connectivity index (χ0v) is 11.0. The van der Waals surface area contributed by atoms with E-state index in [0.717, 1.165) is 13.1 Å². The molecule has 0 saturated carbocycles. The number of nitrogen functional groups attached to an aromatic ring is 1. The number of hydrogen-bond acceptors (Lipinski definition) is 6. The Morgan fingerprint density at radius 1 is 1.18 bits per heavy atom. The van der Waals surface area contributed by atoms with E-state index in [9.17, 15) is 0 Å². The van der Waals surface area contributed by atoms with Crippen LogP contribution in [0.3, 0.4) is 0 Å². The Labute approximate surface area is 102 Å². The molecule has 0 aliphatic heterocycles. The minimum absolute atomic E-state index is 0.195. The molecule has 6 heteroatoms. The molecule has 1 rings (SSSR count). The van der Waals surface area contributed by atoms with E-state index in [0.29, 0.717) is 24.5 Å². The molecule has 0 radical (unpaired) electrons. The van der Waals surface area contributed by atoms with Gasteiger partial charge in [-0.05, 0) is 19.8 Å². The normalized spacial score (nSPS) is 10.6. The summed E-state index contributed by atoms with van der Waals surface area (Å²) in [5.74, 6) is 1.19. The predicted molar refractivity (Wildman–Crippen MR) is 68.1 cm³/mol. The van der Waals surface area contributed by atoms with Gasteiger partial charge in [-0.1, -0.05) is 13.8 Å². The molecule has 6 nitrogen and oxygen atoms in total. The van der Waals surface area contributed by atoms with Crippen molar-refractivity contribution in [1.82, 2.24) is 15.0 Å². The Hall–Kier alpha value is -1.59. The van der Waals surface area contributed by atoms with Gasteiger partial charge in [0.05, 0.1) is 6.61 Å². The molecule has 0 amide bonds. The van der Waals surface area contributed by atoms with Crippen molar-refractivity contribution in [3.63, 3.8) is 0 Å². The zero-order chi connectivity index (χ0) is 12.8. The van der Waals surface area contributed by atoms with E-state index in [1.165, 1.54) is 0 Å². The van der Waals surface area contributed by atoms with Gasteiger partial charge in [-0.15, -0.1) is 0 Å². The molecular weight excluding hydrogens is 218 g/mol. The summed E-state index contributed by atoms with van der Waals surface area (Å²) in [4.78, 5) is 14.3. The fraction of sp³-hybridized carbons (Fsp3) is 0.727. The van der Waals surface area contributed by atoms with E-state index in [2.05, 4.69) is 28.8 Å². The summed E-state index contributed by atoms with van der Waals surface area (Å²) in [7, 11) is 0. The molecular formula is C11H21N5O. The molecule has 2 N–H and O–H groups in total. The van der Waals surface area contributed by atoms with Crippen molar-refractivity contribution >= 4 is 11.9 Å². The SMILES string of the molecule is CCN(CC)c1nc(N)nc(OCC(C)C)n1. The third kappa shape index (κ3) is 4.05. The third-order valence-corrected chi connectivity index (χ3v) is 2.21. The molecule has 96 valence electrons. The van der Waals surface area contributed by atoms with Crippen molar-refractivity contribution in [2.45, 2.75) is 27.7 Å². The van der Waals surface area contributed by atoms with Gasteiger partial charge in [0.2, 0.25) is 11.9 Å². The van der Waals surface area contributed by atoms with Crippen molar-refractivity contribution < 1.29 is 4.74 Å². The first-order chi connectivity index (χ1) is 8.06. The lowest BCUT2D eigenvalue weighted by Gasteiger charge is -2.18. The van der Waals surface area contributed by atoms with Crippen molar-refractivity contribution in [2.75, 3.05) is 30.3 Å². The van der Waals surface area contributed by atoms with E-state index in [1.54, 1.807) is 0 Å². The van der Waals surface area contributed by atoms with Crippen molar-refractivity contribution in [3.8, 4) is 6.01 Å². The fourth-order valence-corrected chi connectivity index (χ4v) is 1.31. The van der Waals surface area contributed by atoms with Crippen LogP contribution in [0, 0.1) is 5.92 Å². The van der Waals surface area contributed by atoms with Crippen LogP contribution in [0.1, 0.15) is 27.7 Å². The number of aromatic nitrogens is 3. The minimum atomic E-state index is 0.195. The first kappa shape index (κ1) is 13.5. The molecule has 0 aliphatic rings. The lowest BCUT2D eigenvalue weighted by atomic mass is 10.2. The van der Waals surface area contributed by atoms with Crippen LogP contribution in [0.25, 0.3) is 0 Å². The number of nitrogens with two attached hydrogens (primary N) is 1. The number of hydrogen-bond donors (Lipinski definition) is 1. The quantitative estimate of drug-likeness (QED) is 0.807. The van der Waals surface area contributed by atoms with Crippen molar-refractivity contribution in [1.29, 1.82) is 0 Å². The molecule has 1 aromatic heterocycles. The number of ether oxygens (including phenoxy) is 1. The highest BCUT2D eigenvalue weighted by Crippen LogP contribution is 2.13. The van der Waals surface area contributed by atoms with Gasteiger partial charge in [0.15, 0.2) is 0 Å². The first-order valence-electron chi connectivity index (χ1n) is 5.96. The van der Waals surface area contributed by atoms with Crippen LogP contribution in [-0.2, 0) is 0 Å². The van der Waals surface area contributed by atoms with E-state index < -0.39 is 0 Å². The largest absolute Gasteiger partial charge is 0.463 e. The highest BCUT2D eigenvalue weighted by molar-refractivity contribution is 5.35. The summed E-state index contributed by atoms with van der Waals surface area (Å²) in [6.07, 6.45) is 0. The van der Waals surface area contributed by atoms with Gasteiger partial charge in [-0.3, -0.25) is 0 Å². The van der Waals surface area contributed by atoms with Gasteiger partial charge < -0.3 is 15.4 Å². The second kappa shape index (κ2) is 6.22. The van der Waals surface area contributed by atoms with Crippen LogP contribution in [0.2, 0.25) is 0 Å². The van der Waals surface area contributed by atoms with Gasteiger partial charge in [0.1, 0.15) is 0 Å². The van der Waals surface area contributed by atoms with Gasteiger partial charge in [0, 0.05) is 13.1 Å². The lowest BCUT2D eigenvalue weighted by Crippen LogP contribution is -2.25. The van der Waals surface area contributed by atoms with Gasteiger partial charge in [0.25, 0.3) is 0 Å². The molecule has 0 unspecified atom stereocenters. The van der Waals surface area contributed by atoms with E-state index in [4.69, 9.17) is 10.5 Å². The number of nitrogens with zero attached hydrogens (tertiary/aromatic N) is 4. The monoisotopic (exact) mass is 239 g/mol. The van der Waals surface area contributed by atoms with Crippen LogP contribution >= 0.6 is 0 Å². The minimum Gasteiger partial charge on any atom is -0.463 e. The summed E-state index contributed by atoms with van der Waals surface area (Å²) in [6.45, 7) is 10.4. The molecule has 0 saturated heterocycles. The van der Waals surface area contributed by atoms with E-state index in [1.807, 2.05) is 18.7 Å². The Morgan fingerprint density at radius 3 is 2.35 bits per heavy atom. The lowest BCUT2D eigenvalue weighted by molar-refractivity contribution is 0.250. The van der Waals surface area contributed by atoms with Crippen LogP contribution in [-0.4, -0.2) is 34.6 Å². The average molecular weight is 239 g/mol. The standard InChI is InChI=1S/C11H21N5O/c1-5-16(6-2)10-13-9(12)14-11(15-10)17-7-8(3)4/h8H,5-7H2,1-4H3,(H2,12,13,14,15). The molecule has 1 aromatic rings. The topological polar surface area (TPSA) is 77.2 Å². The van der Waals surface area contributed by atoms with Crippen LogP contribution < -0.4 is 15.4 Å². The highest BCUT2D eigenvalue weighted by atomic mass is 16.5. The summed E-state index contributed by atoms with van der Waals surface area (Å²) in [5, 5.41) is 0. The third-order valence-electron chi connectivity index (χ3n) is 2.21. The molecule has 0 aromatic carbocycles. The van der Waals surface area contributed by atoms with Crippen molar-refractivity contribution in [3.05, 3.63) is 0 Å². The molecule has 0 atom stereocenters. The Balaban J connectivity index is 2.85. The molecule has 17 heavy (non-hydrogen) atoms. The maximum Gasteiger partial charge on any atom is 0.323 e. The molecule has 1 heterocycles. The predicted octanol–water partition coefficient (Wildman–Crippen LogP) is 1.33. The highest BCUT2D eigenvalue weighted by Gasteiger charge is 2.10. The number of rotatable bonds is 6. The summed E-state index contributed by atoms with van der Waals surface area (Å²) in [6, 6.07) is 0.299. The summed E-state index contributed by atoms with van der Waals surface area (Å²) < 4.78 is 5.46. The van der Waals surface area contributed by atoms with Crippen LogP contribution in [0.5, 0.6) is 6.01 Å². The Bertz CT molecular complexity index is 352. The molecule has 0 aliphatic carbocycles.